The normalized spacial score (nSPS) is 31.5. The van der Waals surface area contributed by atoms with Gasteiger partial charge in [0, 0.05) is 6.04 Å². The molecule has 1 N–H and O–H groups in total. The van der Waals surface area contributed by atoms with Gasteiger partial charge in [-0.1, -0.05) is 12.2 Å². The van der Waals surface area contributed by atoms with Gasteiger partial charge in [-0.25, -0.2) is 0 Å². The average Bonchev–Trinajstić information content (AvgIpc) is 2.34. The highest BCUT2D eigenvalue weighted by Gasteiger charge is 2.33. The third kappa shape index (κ3) is 1.67. The quantitative estimate of drug-likeness (QED) is 0.629. The summed E-state index contributed by atoms with van der Waals surface area (Å²) in [7, 11) is 1.87. The Morgan fingerprint density at radius 2 is 2.25 bits per heavy atom. The maximum absolute atomic E-state index is 10.7. The highest BCUT2D eigenvalue weighted by molar-refractivity contribution is 5.73. The number of carboxylic acid groups (broad SMARTS) is 1. The fourth-order valence-electron chi connectivity index (χ4n) is 1.72. The molecule has 0 bridgehead atoms. The molecule has 2 atom stereocenters. The van der Waals surface area contributed by atoms with Crippen LogP contribution in [0, 0.1) is 0 Å². The lowest BCUT2D eigenvalue weighted by atomic mass is 10.2. The molecular weight excluding hydrogens is 154 g/mol. The van der Waals surface area contributed by atoms with E-state index in [-0.39, 0.29) is 6.04 Å². The van der Waals surface area contributed by atoms with E-state index in [1.807, 2.05) is 24.9 Å². The third-order valence-electron chi connectivity index (χ3n) is 2.45. The summed E-state index contributed by atoms with van der Waals surface area (Å²) in [6.07, 6.45) is 5.76. The molecule has 12 heavy (non-hydrogen) atoms. The van der Waals surface area contributed by atoms with Crippen LogP contribution in [-0.2, 0) is 4.79 Å². The summed E-state index contributed by atoms with van der Waals surface area (Å²) < 4.78 is 0. The predicted octanol–water partition coefficient (Wildman–Crippen LogP) is 1.11. The van der Waals surface area contributed by atoms with E-state index >= 15 is 0 Å². The molecule has 0 radical (unpaired) electrons. The van der Waals surface area contributed by atoms with E-state index in [0.29, 0.717) is 6.04 Å². The van der Waals surface area contributed by atoms with Crippen molar-refractivity contribution in [2.24, 2.45) is 0 Å². The monoisotopic (exact) mass is 169 g/mol. The number of carboxylic acids is 1. The first kappa shape index (κ1) is 9.26. The Balaban J connectivity index is 2.60. The lowest BCUT2D eigenvalue weighted by molar-refractivity contribution is -0.141. The van der Waals surface area contributed by atoms with Gasteiger partial charge in [0.1, 0.15) is 6.04 Å². The van der Waals surface area contributed by atoms with E-state index in [9.17, 15) is 4.79 Å². The van der Waals surface area contributed by atoms with Crippen LogP contribution in [0.4, 0.5) is 0 Å². The van der Waals surface area contributed by atoms with Gasteiger partial charge >= 0.3 is 5.97 Å². The zero-order valence-corrected chi connectivity index (χ0v) is 7.53. The molecule has 0 spiro atoms. The first-order valence-electron chi connectivity index (χ1n) is 4.24. The van der Waals surface area contributed by atoms with Gasteiger partial charge < -0.3 is 5.11 Å². The Morgan fingerprint density at radius 1 is 1.58 bits per heavy atom. The number of hydrogen-bond acceptors (Lipinski definition) is 2. The largest absolute Gasteiger partial charge is 0.480 e. The van der Waals surface area contributed by atoms with E-state index in [4.69, 9.17) is 5.11 Å². The van der Waals surface area contributed by atoms with Crippen molar-refractivity contribution in [1.82, 2.24) is 4.90 Å². The van der Waals surface area contributed by atoms with Crippen molar-refractivity contribution in [3.05, 3.63) is 12.2 Å². The highest BCUT2D eigenvalue weighted by atomic mass is 16.4. The van der Waals surface area contributed by atoms with Crippen LogP contribution in [0.5, 0.6) is 0 Å². The summed E-state index contributed by atoms with van der Waals surface area (Å²) in [6.45, 7) is 1.96. The molecule has 1 rings (SSSR count). The lowest BCUT2D eigenvalue weighted by Crippen LogP contribution is -2.36. The Labute approximate surface area is 72.7 Å². The fourth-order valence-corrected chi connectivity index (χ4v) is 1.72. The number of aliphatic carboxylic acids is 1. The molecule has 0 amide bonds. The molecule has 1 aliphatic heterocycles. The number of allylic oxidation sites excluding steroid dienone is 1. The van der Waals surface area contributed by atoms with Crippen LogP contribution in [-0.4, -0.2) is 35.1 Å². The van der Waals surface area contributed by atoms with Crippen LogP contribution in [0.25, 0.3) is 0 Å². The van der Waals surface area contributed by atoms with Crippen LogP contribution < -0.4 is 0 Å². The van der Waals surface area contributed by atoms with Gasteiger partial charge in [-0.3, -0.25) is 9.69 Å². The Kier molecular flexibility index (Phi) is 2.87. The molecule has 68 valence electrons. The van der Waals surface area contributed by atoms with Crippen molar-refractivity contribution in [3.63, 3.8) is 0 Å². The summed E-state index contributed by atoms with van der Waals surface area (Å²) in [4.78, 5) is 12.6. The van der Waals surface area contributed by atoms with Crippen molar-refractivity contribution in [3.8, 4) is 0 Å². The minimum absolute atomic E-state index is 0.286. The van der Waals surface area contributed by atoms with E-state index in [1.54, 1.807) is 0 Å². The van der Waals surface area contributed by atoms with Crippen molar-refractivity contribution in [2.75, 3.05) is 7.05 Å². The zero-order chi connectivity index (χ0) is 9.14. The van der Waals surface area contributed by atoms with Crippen molar-refractivity contribution in [2.45, 2.75) is 31.8 Å². The fraction of sp³-hybridized carbons (Fsp3) is 0.667. The molecule has 1 fully saturated rings. The van der Waals surface area contributed by atoms with Gasteiger partial charge in [0.25, 0.3) is 0 Å². The van der Waals surface area contributed by atoms with E-state index in [2.05, 4.69) is 6.08 Å². The van der Waals surface area contributed by atoms with Crippen LogP contribution in [0.15, 0.2) is 12.2 Å². The standard InChI is InChI=1S/C9H15NO2/c1-3-4-7-5-6-8(9(11)12)10(7)2/h3-4,7-8H,5-6H2,1-2H3,(H,11,12)/t7-,8-/m0/s1. The lowest BCUT2D eigenvalue weighted by Gasteiger charge is -2.20. The van der Waals surface area contributed by atoms with Crippen molar-refractivity contribution < 1.29 is 9.90 Å². The van der Waals surface area contributed by atoms with Crippen LogP contribution in [0.1, 0.15) is 19.8 Å². The van der Waals surface area contributed by atoms with Gasteiger partial charge in [0.05, 0.1) is 0 Å². The molecule has 3 nitrogen and oxygen atoms in total. The number of likely N-dealkylation sites (tertiary alicyclic amines) is 1. The Morgan fingerprint density at radius 3 is 2.67 bits per heavy atom. The molecule has 3 heteroatoms. The first-order chi connectivity index (χ1) is 5.66. The van der Waals surface area contributed by atoms with Gasteiger partial charge in [0.15, 0.2) is 0 Å². The van der Waals surface area contributed by atoms with Gasteiger partial charge in [0.2, 0.25) is 0 Å². The topological polar surface area (TPSA) is 40.5 Å². The molecule has 0 aromatic rings. The number of likely N-dealkylation sites (N-methyl/N-ethyl adjacent to an activating group) is 1. The highest BCUT2D eigenvalue weighted by Crippen LogP contribution is 2.22. The molecule has 0 aliphatic carbocycles. The number of hydrogen-bond donors (Lipinski definition) is 1. The molecule has 0 saturated carbocycles. The number of carbonyl (C=O) groups is 1. The molecule has 1 saturated heterocycles. The summed E-state index contributed by atoms with van der Waals surface area (Å²) in [5.74, 6) is -0.704. The SMILES string of the molecule is CC=C[C@H]1CC[C@@H](C(=O)O)N1C. The second-order valence-electron chi connectivity index (χ2n) is 3.19. The zero-order valence-electron chi connectivity index (χ0n) is 7.53. The minimum Gasteiger partial charge on any atom is -0.480 e. The third-order valence-corrected chi connectivity index (χ3v) is 2.45. The predicted molar refractivity (Wildman–Crippen MR) is 47.0 cm³/mol. The number of nitrogens with zero attached hydrogens (tertiary/aromatic N) is 1. The van der Waals surface area contributed by atoms with Crippen molar-refractivity contribution >= 4 is 5.97 Å². The Bertz CT molecular complexity index is 201. The molecule has 0 aromatic heterocycles. The van der Waals surface area contributed by atoms with E-state index in [0.717, 1.165) is 12.8 Å². The maximum Gasteiger partial charge on any atom is 0.320 e. The van der Waals surface area contributed by atoms with Crippen LogP contribution >= 0.6 is 0 Å². The summed E-state index contributed by atoms with van der Waals surface area (Å²) in [6, 6.07) is 0.0299. The Hall–Kier alpha value is -0.830. The smallest absolute Gasteiger partial charge is 0.320 e. The summed E-state index contributed by atoms with van der Waals surface area (Å²) in [5, 5.41) is 8.80. The minimum atomic E-state index is -0.704. The molecule has 1 heterocycles. The summed E-state index contributed by atoms with van der Waals surface area (Å²) in [5.41, 5.74) is 0. The van der Waals surface area contributed by atoms with Gasteiger partial charge in [-0.15, -0.1) is 0 Å². The van der Waals surface area contributed by atoms with E-state index < -0.39 is 5.97 Å². The second kappa shape index (κ2) is 3.72. The molecule has 1 aliphatic rings. The van der Waals surface area contributed by atoms with E-state index in [1.165, 1.54) is 0 Å². The maximum atomic E-state index is 10.7. The molecule has 0 aromatic carbocycles. The second-order valence-corrected chi connectivity index (χ2v) is 3.19. The van der Waals surface area contributed by atoms with Gasteiger partial charge in [-0.2, -0.15) is 0 Å². The molecular formula is C9H15NO2. The number of rotatable bonds is 2. The van der Waals surface area contributed by atoms with Crippen molar-refractivity contribution in [1.29, 1.82) is 0 Å². The van der Waals surface area contributed by atoms with Gasteiger partial charge in [-0.05, 0) is 26.8 Å². The van der Waals surface area contributed by atoms with Crippen LogP contribution in [0.3, 0.4) is 0 Å². The molecule has 0 unspecified atom stereocenters. The van der Waals surface area contributed by atoms with Crippen LogP contribution in [0.2, 0.25) is 0 Å². The first-order valence-corrected chi connectivity index (χ1v) is 4.24. The average molecular weight is 169 g/mol. The summed E-state index contributed by atoms with van der Waals surface area (Å²) >= 11 is 0.